The number of rotatable bonds is 1. The maximum atomic E-state index is 10.8. The van der Waals surface area contributed by atoms with Crippen LogP contribution in [0, 0.1) is 0 Å². The lowest BCUT2D eigenvalue weighted by molar-refractivity contribution is 0.0917. The first-order valence-corrected chi connectivity index (χ1v) is 3.47. The minimum Gasteiger partial charge on any atom is -0.273 e. The van der Waals surface area contributed by atoms with E-state index >= 15 is 0 Å². The van der Waals surface area contributed by atoms with Crippen molar-refractivity contribution in [2.45, 2.75) is 20.3 Å². The second-order valence-corrected chi connectivity index (χ2v) is 2.32. The van der Waals surface area contributed by atoms with E-state index in [2.05, 4.69) is 5.10 Å². The van der Waals surface area contributed by atoms with Crippen LogP contribution >= 0.6 is 0 Å². The Hall–Kier alpha value is -1.32. The summed E-state index contributed by atoms with van der Waals surface area (Å²) in [5, 5.41) is 2.41. The summed E-state index contributed by atoms with van der Waals surface area (Å²) in [6.07, 6.45) is 0.679. The van der Waals surface area contributed by atoms with Crippen molar-refractivity contribution in [3.63, 3.8) is 0 Å². The number of hydrogen-bond acceptors (Lipinski definition) is 2. The fourth-order valence-electron chi connectivity index (χ4n) is 0.971. The second kappa shape index (κ2) is 2.74. The van der Waals surface area contributed by atoms with Gasteiger partial charge in [-0.1, -0.05) is 6.92 Å². The van der Waals surface area contributed by atoms with E-state index in [9.17, 15) is 9.59 Å². The highest BCUT2D eigenvalue weighted by Crippen LogP contribution is 1.94. The Morgan fingerprint density at radius 2 is 2.36 bits per heavy atom. The highest BCUT2D eigenvalue weighted by Gasteiger charge is 2.04. The Labute approximate surface area is 63.8 Å². The van der Waals surface area contributed by atoms with E-state index in [0.717, 1.165) is 5.69 Å². The molecule has 0 aliphatic heterocycles. The molecule has 0 amide bonds. The van der Waals surface area contributed by atoms with Crippen molar-refractivity contribution in [1.82, 2.24) is 9.78 Å². The lowest BCUT2D eigenvalue weighted by Crippen LogP contribution is -2.13. The first kappa shape index (κ1) is 7.78. The molecule has 0 aliphatic rings. The molecular weight excluding hydrogens is 144 g/mol. The first-order valence-electron chi connectivity index (χ1n) is 3.47. The number of nitrogens with one attached hydrogen (secondary N) is 1. The molecule has 0 bridgehead atoms. The van der Waals surface area contributed by atoms with Crippen LogP contribution in [0.2, 0.25) is 0 Å². The third kappa shape index (κ3) is 1.39. The van der Waals surface area contributed by atoms with Crippen molar-refractivity contribution >= 4 is 5.91 Å². The number of hydrogen-bond donors (Lipinski definition) is 1. The van der Waals surface area contributed by atoms with Gasteiger partial charge in [0.15, 0.2) is 0 Å². The Balaban J connectivity index is 3.23. The molecule has 60 valence electrons. The van der Waals surface area contributed by atoms with E-state index < -0.39 is 0 Å². The van der Waals surface area contributed by atoms with Crippen LogP contribution in [-0.4, -0.2) is 15.7 Å². The molecule has 0 saturated carbocycles. The number of aromatic amines is 1. The molecule has 1 N–H and O–H groups in total. The zero-order chi connectivity index (χ0) is 8.43. The summed E-state index contributed by atoms with van der Waals surface area (Å²) in [5.41, 5.74) is 0.500. The van der Waals surface area contributed by atoms with Gasteiger partial charge in [0.1, 0.15) is 0 Å². The minimum absolute atomic E-state index is 0.163. The Morgan fingerprint density at radius 1 is 1.73 bits per heavy atom. The van der Waals surface area contributed by atoms with Gasteiger partial charge in [-0.2, -0.15) is 0 Å². The van der Waals surface area contributed by atoms with Gasteiger partial charge in [-0.05, 0) is 6.42 Å². The number of carbonyl (C=O) groups excluding carboxylic acids is 1. The zero-order valence-corrected chi connectivity index (χ0v) is 6.55. The van der Waals surface area contributed by atoms with Crippen molar-refractivity contribution in [3.8, 4) is 0 Å². The van der Waals surface area contributed by atoms with Crippen molar-refractivity contribution in [1.29, 1.82) is 0 Å². The molecule has 1 aromatic heterocycles. The third-order valence-corrected chi connectivity index (χ3v) is 1.48. The largest absolute Gasteiger partial charge is 0.273 e. The van der Waals surface area contributed by atoms with Crippen LogP contribution in [0.5, 0.6) is 0 Å². The van der Waals surface area contributed by atoms with Crippen LogP contribution in [0.4, 0.5) is 0 Å². The van der Waals surface area contributed by atoms with Gasteiger partial charge in [0.25, 0.3) is 5.56 Å². The van der Waals surface area contributed by atoms with Gasteiger partial charge in [0.05, 0.1) is 0 Å². The van der Waals surface area contributed by atoms with Crippen LogP contribution in [-0.2, 0) is 6.42 Å². The number of carbonyl (C=O) groups is 1. The third-order valence-electron chi connectivity index (χ3n) is 1.48. The molecule has 0 unspecified atom stereocenters. The number of nitrogens with zero attached hydrogens (tertiary/aromatic N) is 1. The van der Waals surface area contributed by atoms with Crippen LogP contribution in [0.3, 0.4) is 0 Å². The van der Waals surface area contributed by atoms with E-state index in [1.54, 1.807) is 0 Å². The van der Waals surface area contributed by atoms with Crippen molar-refractivity contribution < 1.29 is 4.79 Å². The highest BCUT2D eigenvalue weighted by molar-refractivity contribution is 5.75. The van der Waals surface area contributed by atoms with Gasteiger partial charge in [-0.25, -0.2) is 4.68 Å². The molecule has 1 heterocycles. The normalized spacial score (nSPS) is 10.0. The van der Waals surface area contributed by atoms with Crippen LogP contribution in [0.25, 0.3) is 0 Å². The van der Waals surface area contributed by atoms with Gasteiger partial charge in [-0.3, -0.25) is 14.7 Å². The van der Waals surface area contributed by atoms with Crippen LogP contribution in [0.1, 0.15) is 24.3 Å². The predicted octanol–water partition coefficient (Wildman–Crippen LogP) is 0.399. The maximum Gasteiger partial charge on any atom is 0.264 e. The van der Waals surface area contributed by atoms with E-state index in [1.807, 2.05) is 6.92 Å². The lowest BCUT2D eigenvalue weighted by atomic mass is 10.3. The van der Waals surface area contributed by atoms with Crippen molar-refractivity contribution in [3.05, 3.63) is 22.1 Å². The number of H-pyrrole nitrogens is 1. The fraction of sp³-hybridized carbons (Fsp3) is 0.429. The number of aromatic nitrogens is 2. The van der Waals surface area contributed by atoms with Gasteiger partial charge < -0.3 is 0 Å². The van der Waals surface area contributed by atoms with Gasteiger partial charge >= 0.3 is 0 Å². The Morgan fingerprint density at radius 3 is 2.73 bits per heavy atom. The van der Waals surface area contributed by atoms with Crippen molar-refractivity contribution in [2.24, 2.45) is 0 Å². The molecule has 4 nitrogen and oxygen atoms in total. The molecule has 0 aliphatic carbocycles. The number of aryl methyl sites for hydroxylation is 1. The van der Waals surface area contributed by atoms with E-state index in [4.69, 9.17) is 0 Å². The summed E-state index contributed by atoms with van der Waals surface area (Å²) in [4.78, 5) is 21.6. The lowest BCUT2D eigenvalue weighted by Gasteiger charge is -1.98. The standard InChI is InChI=1S/C7H10N2O2/c1-3-6-4-7(11)8-9(6)5(2)10/h4H,3H2,1-2H3,(H,8,11). The van der Waals surface area contributed by atoms with Crippen LogP contribution in [0.15, 0.2) is 10.9 Å². The quantitative estimate of drug-likeness (QED) is 0.636. The average Bonchev–Trinajstić information content (AvgIpc) is 2.30. The van der Waals surface area contributed by atoms with E-state index in [0.29, 0.717) is 6.42 Å². The first-order chi connectivity index (χ1) is 5.15. The molecule has 0 saturated heterocycles. The van der Waals surface area contributed by atoms with Gasteiger partial charge in [0, 0.05) is 18.7 Å². The Kier molecular flexibility index (Phi) is 1.94. The van der Waals surface area contributed by atoms with E-state index in [1.165, 1.54) is 17.7 Å². The smallest absolute Gasteiger partial charge is 0.264 e. The zero-order valence-electron chi connectivity index (χ0n) is 6.55. The average molecular weight is 154 g/mol. The summed E-state index contributed by atoms with van der Waals surface area (Å²) < 4.78 is 1.27. The fourth-order valence-corrected chi connectivity index (χ4v) is 0.971. The van der Waals surface area contributed by atoms with Gasteiger partial charge in [-0.15, -0.1) is 0 Å². The second-order valence-electron chi connectivity index (χ2n) is 2.32. The van der Waals surface area contributed by atoms with E-state index in [-0.39, 0.29) is 11.5 Å². The topological polar surface area (TPSA) is 54.9 Å². The SMILES string of the molecule is CCc1cc(=O)[nH]n1C(C)=O. The molecule has 0 aromatic carbocycles. The molecule has 1 rings (SSSR count). The molecule has 0 atom stereocenters. The minimum atomic E-state index is -0.225. The molecule has 11 heavy (non-hydrogen) atoms. The molecule has 0 fully saturated rings. The highest BCUT2D eigenvalue weighted by atomic mass is 16.2. The van der Waals surface area contributed by atoms with Crippen LogP contribution < -0.4 is 5.56 Å². The maximum absolute atomic E-state index is 10.8. The summed E-state index contributed by atoms with van der Waals surface area (Å²) in [6, 6.07) is 1.43. The predicted molar refractivity (Wildman–Crippen MR) is 40.7 cm³/mol. The summed E-state index contributed by atoms with van der Waals surface area (Å²) in [6.45, 7) is 3.30. The molecule has 1 aromatic rings. The Bertz CT molecular complexity index is 321. The molecule has 0 radical (unpaired) electrons. The summed E-state index contributed by atoms with van der Waals surface area (Å²) in [7, 11) is 0. The molecule has 4 heteroatoms. The molecule has 0 spiro atoms. The monoisotopic (exact) mass is 154 g/mol. The van der Waals surface area contributed by atoms with Gasteiger partial charge in [0.2, 0.25) is 5.91 Å². The summed E-state index contributed by atoms with van der Waals surface area (Å²) in [5.74, 6) is -0.163. The molecular formula is C7H10N2O2. The summed E-state index contributed by atoms with van der Waals surface area (Å²) >= 11 is 0. The van der Waals surface area contributed by atoms with Crippen molar-refractivity contribution in [2.75, 3.05) is 0 Å².